The predicted octanol–water partition coefficient (Wildman–Crippen LogP) is 4.26. The lowest BCUT2D eigenvalue weighted by Gasteiger charge is -2.23. The Morgan fingerprint density at radius 1 is 1.16 bits per heavy atom. The third-order valence-electron chi connectivity index (χ3n) is 6.02. The van der Waals surface area contributed by atoms with Gasteiger partial charge in [-0.15, -0.1) is 10.2 Å². The Hall–Kier alpha value is -3.61. The molecule has 0 radical (unpaired) electrons. The summed E-state index contributed by atoms with van der Waals surface area (Å²) in [5.74, 6) is 2.53. The van der Waals surface area contributed by atoms with E-state index in [1.54, 1.807) is 6.20 Å². The van der Waals surface area contributed by atoms with E-state index < -0.39 is 0 Å². The largest absolute Gasteiger partial charge is 0.494 e. The van der Waals surface area contributed by atoms with E-state index in [0.717, 1.165) is 48.8 Å². The van der Waals surface area contributed by atoms with Crippen LogP contribution in [0.25, 0.3) is 0 Å². The lowest BCUT2D eigenvalue weighted by molar-refractivity contribution is 0.335. The number of aryl methyl sites for hydroxylation is 1. The van der Waals surface area contributed by atoms with Crippen molar-refractivity contribution in [2.75, 3.05) is 11.9 Å². The molecule has 0 fully saturated rings. The molecule has 0 amide bonds. The number of hydrogen-bond acceptors (Lipinski definition) is 5. The van der Waals surface area contributed by atoms with Crippen LogP contribution >= 0.6 is 0 Å². The first-order valence-electron chi connectivity index (χ1n) is 11.2. The van der Waals surface area contributed by atoms with Gasteiger partial charge in [0.2, 0.25) is 0 Å². The van der Waals surface area contributed by atoms with Gasteiger partial charge in [-0.1, -0.05) is 18.2 Å². The summed E-state index contributed by atoms with van der Waals surface area (Å²) < 4.78 is 9.91. The normalized spacial score (nSPS) is 15.3. The highest BCUT2D eigenvalue weighted by molar-refractivity contribution is 5.47. The van der Waals surface area contributed by atoms with Gasteiger partial charge in [-0.05, 0) is 54.8 Å². The maximum atomic E-state index is 5.82. The van der Waals surface area contributed by atoms with E-state index in [2.05, 4.69) is 67.6 Å². The highest BCUT2D eigenvalue weighted by Crippen LogP contribution is 2.29. The van der Waals surface area contributed by atoms with Crippen LogP contribution in [-0.4, -0.2) is 31.2 Å². The van der Waals surface area contributed by atoms with Crippen molar-refractivity contribution in [3.8, 4) is 5.75 Å². The number of fused-ring (bicyclic) bond motifs is 1. The molecule has 7 nitrogen and oxygen atoms in total. The fraction of sp³-hybridized carbons (Fsp3) is 0.320. The lowest BCUT2D eigenvalue weighted by atomic mass is 9.91. The number of aromatic nitrogens is 5. The number of rotatable bonds is 8. The maximum absolute atomic E-state index is 5.82. The van der Waals surface area contributed by atoms with Crippen molar-refractivity contribution in [3.63, 3.8) is 0 Å². The zero-order valence-electron chi connectivity index (χ0n) is 18.3. The first kappa shape index (κ1) is 20.3. The number of nitrogens with one attached hydrogen (secondary N) is 1. The third kappa shape index (κ3) is 4.51. The van der Waals surface area contributed by atoms with Crippen molar-refractivity contribution >= 4 is 5.69 Å². The highest BCUT2D eigenvalue weighted by atomic mass is 16.5. The summed E-state index contributed by atoms with van der Waals surface area (Å²) in [5.41, 5.74) is 4.84. The molecule has 7 heteroatoms. The van der Waals surface area contributed by atoms with E-state index in [-0.39, 0.29) is 0 Å². The Balaban J connectivity index is 1.23. The summed E-state index contributed by atoms with van der Waals surface area (Å²) in [6, 6.07) is 17.2. The molecule has 5 rings (SSSR count). The Kier molecular flexibility index (Phi) is 5.87. The lowest BCUT2D eigenvalue weighted by Crippen LogP contribution is -2.18. The monoisotopic (exact) mass is 428 g/mol. The number of anilines is 1. The summed E-state index contributed by atoms with van der Waals surface area (Å²) in [7, 11) is 0. The Morgan fingerprint density at radius 3 is 2.88 bits per heavy atom. The van der Waals surface area contributed by atoms with Crippen LogP contribution in [0.2, 0.25) is 0 Å². The van der Waals surface area contributed by atoms with Crippen molar-refractivity contribution in [1.82, 2.24) is 24.5 Å². The minimum atomic E-state index is 0.517. The molecule has 1 N–H and O–H groups in total. The highest BCUT2D eigenvalue weighted by Gasteiger charge is 2.20. The number of ether oxygens (including phenoxy) is 1. The van der Waals surface area contributed by atoms with Crippen LogP contribution in [0.1, 0.15) is 41.8 Å². The summed E-state index contributed by atoms with van der Waals surface area (Å²) in [6.07, 6.45) is 7.72. The van der Waals surface area contributed by atoms with Crippen LogP contribution in [0.5, 0.6) is 5.75 Å². The molecule has 2 aromatic carbocycles. The fourth-order valence-corrected chi connectivity index (χ4v) is 4.34. The van der Waals surface area contributed by atoms with E-state index in [9.17, 15) is 0 Å². The van der Waals surface area contributed by atoms with Gasteiger partial charge in [0.25, 0.3) is 0 Å². The molecule has 0 saturated carbocycles. The van der Waals surface area contributed by atoms with Crippen molar-refractivity contribution < 1.29 is 4.74 Å². The summed E-state index contributed by atoms with van der Waals surface area (Å²) >= 11 is 0. The van der Waals surface area contributed by atoms with Gasteiger partial charge in [0, 0.05) is 49.1 Å². The van der Waals surface area contributed by atoms with Gasteiger partial charge < -0.3 is 14.6 Å². The second-order valence-electron chi connectivity index (χ2n) is 8.19. The van der Waals surface area contributed by atoms with Crippen molar-refractivity contribution in [2.24, 2.45) is 0 Å². The van der Waals surface area contributed by atoms with E-state index in [0.29, 0.717) is 19.1 Å². The number of hydrogen-bond donors (Lipinski definition) is 1. The quantitative estimate of drug-likeness (QED) is 0.454. The first-order chi connectivity index (χ1) is 15.8. The van der Waals surface area contributed by atoms with E-state index in [1.807, 2.05) is 30.2 Å². The second-order valence-corrected chi connectivity index (χ2v) is 8.19. The molecule has 32 heavy (non-hydrogen) atoms. The smallest absolute Gasteiger partial charge is 0.132 e. The van der Waals surface area contributed by atoms with Crippen molar-refractivity contribution in [1.29, 1.82) is 0 Å². The minimum Gasteiger partial charge on any atom is -0.494 e. The zero-order valence-corrected chi connectivity index (χ0v) is 18.3. The van der Waals surface area contributed by atoms with Crippen LogP contribution in [0, 0.1) is 0 Å². The van der Waals surface area contributed by atoms with Crippen LogP contribution in [-0.2, 0) is 26.1 Å². The summed E-state index contributed by atoms with van der Waals surface area (Å²) in [4.78, 5) is 0. The standard InChI is InChI=1S/C25H28N6O/c1-2-32-24-10-4-19(14-22(24)17-31-13-3-12-28-31)15-26-23-8-5-20(6-9-23)21-7-11-25-29-27-18-30(25)16-21/h3-6,8-10,12-14,18,21,26H,2,7,11,15-17H2,1H3. The molecule has 1 aliphatic rings. The predicted molar refractivity (Wildman–Crippen MR) is 124 cm³/mol. The topological polar surface area (TPSA) is 69.8 Å². The minimum absolute atomic E-state index is 0.517. The average molecular weight is 429 g/mol. The van der Waals surface area contributed by atoms with Crippen LogP contribution in [0.3, 0.4) is 0 Å². The first-order valence-corrected chi connectivity index (χ1v) is 11.2. The van der Waals surface area contributed by atoms with Gasteiger partial charge in [0.1, 0.15) is 17.9 Å². The second kappa shape index (κ2) is 9.26. The molecule has 0 bridgehead atoms. The molecule has 2 aromatic heterocycles. The van der Waals surface area contributed by atoms with Gasteiger partial charge in [-0.25, -0.2) is 0 Å². The maximum Gasteiger partial charge on any atom is 0.132 e. The van der Waals surface area contributed by atoms with Crippen LogP contribution in [0.15, 0.2) is 67.3 Å². The number of nitrogens with zero attached hydrogens (tertiary/aromatic N) is 5. The Bertz CT molecular complexity index is 1150. The van der Waals surface area contributed by atoms with Gasteiger partial charge in [-0.3, -0.25) is 4.68 Å². The molecular weight excluding hydrogens is 400 g/mol. The van der Waals surface area contributed by atoms with E-state index >= 15 is 0 Å². The zero-order chi connectivity index (χ0) is 21.8. The van der Waals surface area contributed by atoms with Gasteiger partial charge in [0.15, 0.2) is 0 Å². The molecule has 1 atom stereocenters. The summed E-state index contributed by atoms with van der Waals surface area (Å²) in [5, 5.41) is 16.1. The van der Waals surface area contributed by atoms with Crippen LogP contribution < -0.4 is 10.1 Å². The molecular formula is C25H28N6O. The third-order valence-corrected chi connectivity index (χ3v) is 6.02. The molecule has 4 aromatic rings. The molecule has 0 saturated heterocycles. The fourth-order valence-electron chi connectivity index (χ4n) is 4.34. The molecule has 3 heterocycles. The van der Waals surface area contributed by atoms with Gasteiger partial charge in [-0.2, -0.15) is 5.10 Å². The molecule has 1 unspecified atom stereocenters. The Morgan fingerprint density at radius 2 is 2.06 bits per heavy atom. The van der Waals surface area contributed by atoms with E-state index in [1.165, 1.54) is 11.1 Å². The average Bonchev–Trinajstić information content (AvgIpc) is 3.51. The van der Waals surface area contributed by atoms with Crippen molar-refractivity contribution in [3.05, 3.63) is 89.8 Å². The molecule has 0 aliphatic carbocycles. The Labute approximate surface area is 188 Å². The van der Waals surface area contributed by atoms with Crippen molar-refractivity contribution in [2.45, 2.75) is 45.3 Å². The molecule has 164 valence electrons. The molecule has 1 aliphatic heterocycles. The van der Waals surface area contributed by atoms with Gasteiger partial charge >= 0.3 is 0 Å². The SMILES string of the molecule is CCOc1ccc(CNc2ccc(C3CCc4nncn4C3)cc2)cc1Cn1cccn1. The van der Waals surface area contributed by atoms with Crippen LogP contribution in [0.4, 0.5) is 5.69 Å². The van der Waals surface area contributed by atoms with Gasteiger partial charge in [0.05, 0.1) is 13.2 Å². The summed E-state index contributed by atoms with van der Waals surface area (Å²) in [6.45, 7) is 5.07. The molecule has 0 spiro atoms. The number of benzene rings is 2. The van der Waals surface area contributed by atoms with E-state index in [4.69, 9.17) is 4.74 Å².